The van der Waals surface area contributed by atoms with Gasteiger partial charge in [-0.3, -0.25) is 0 Å². The third-order valence-electron chi connectivity index (χ3n) is 3.41. The van der Waals surface area contributed by atoms with Crippen LogP contribution < -0.4 is 0 Å². The second-order valence-corrected chi connectivity index (χ2v) is 4.81. The molecule has 1 aliphatic rings. The van der Waals surface area contributed by atoms with E-state index in [1.165, 1.54) is 0 Å². The van der Waals surface area contributed by atoms with Crippen LogP contribution in [0.15, 0.2) is 24.4 Å². The van der Waals surface area contributed by atoms with Crippen molar-refractivity contribution in [2.45, 2.75) is 25.8 Å². The molecule has 2 aromatic heterocycles. The molecule has 1 aliphatic heterocycles. The lowest BCUT2D eigenvalue weighted by Gasteiger charge is -2.18. The number of nitrogens with zero attached hydrogens (tertiary/aromatic N) is 3. The number of rotatable bonds is 1. The van der Waals surface area contributed by atoms with Crippen molar-refractivity contribution in [1.29, 1.82) is 5.26 Å². The third-order valence-corrected chi connectivity index (χ3v) is 3.71. The van der Waals surface area contributed by atoms with Crippen molar-refractivity contribution in [2.24, 2.45) is 0 Å². The maximum Gasteiger partial charge on any atom is 0.138 e. The summed E-state index contributed by atoms with van der Waals surface area (Å²) in [7, 11) is 0. The van der Waals surface area contributed by atoms with Gasteiger partial charge in [-0.25, -0.2) is 4.98 Å². The summed E-state index contributed by atoms with van der Waals surface area (Å²) < 4.78 is 2.21. The van der Waals surface area contributed by atoms with Crippen molar-refractivity contribution >= 4 is 11.6 Å². The monoisotopic (exact) mass is 257 g/mol. The van der Waals surface area contributed by atoms with Crippen molar-refractivity contribution in [1.82, 2.24) is 9.55 Å². The van der Waals surface area contributed by atoms with Crippen LogP contribution in [0.4, 0.5) is 0 Å². The van der Waals surface area contributed by atoms with Gasteiger partial charge in [0.1, 0.15) is 11.2 Å². The van der Waals surface area contributed by atoms with Crippen LogP contribution in [-0.2, 0) is 13.0 Å². The SMILES string of the molecule is N#Cc1cc(-c2cccnc2Cl)n2c1CCCC2. The molecule has 0 amide bonds. The van der Waals surface area contributed by atoms with Gasteiger partial charge in [0, 0.05) is 24.0 Å². The summed E-state index contributed by atoms with van der Waals surface area (Å²) in [4.78, 5) is 4.11. The van der Waals surface area contributed by atoms with Gasteiger partial charge in [-0.05, 0) is 37.5 Å². The number of pyridine rings is 1. The molecule has 0 unspecified atom stereocenters. The van der Waals surface area contributed by atoms with E-state index in [0.717, 1.165) is 48.3 Å². The van der Waals surface area contributed by atoms with E-state index >= 15 is 0 Å². The van der Waals surface area contributed by atoms with Crippen LogP contribution in [0.5, 0.6) is 0 Å². The van der Waals surface area contributed by atoms with Crippen LogP contribution in [0.1, 0.15) is 24.1 Å². The first-order valence-corrected chi connectivity index (χ1v) is 6.42. The zero-order valence-electron chi connectivity index (χ0n) is 9.86. The van der Waals surface area contributed by atoms with Crippen LogP contribution in [0.25, 0.3) is 11.3 Å². The van der Waals surface area contributed by atoms with Crippen molar-refractivity contribution in [3.63, 3.8) is 0 Å². The first-order valence-electron chi connectivity index (χ1n) is 6.04. The Hall–Kier alpha value is -1.79. The lowest BCUT2D eigenvalue weighted by atomic mass is 10.1. The van der Waals surface area contributed by atoms with Gasteiger partial charge >= 0.3 is 0 Å². The largest absolute Gasteiger partial charge is 0.343 e. The van der Waals surface area contributed by atoms with Gasteiger partial charge in [0.05, 0.1) is 11.3 Å². The molecule has 2 aromatic rings. The van der Waals surface area contributed by atoms with E-state index in [0.29, 0.717) is 5.15 Å². The summed E-state index contributed by atoms with van der Waals surface area (Å²) in [6.07, 6.45) is 4.95. The quantitative estimate of drug-likeness (QED) is 0.735. The molecule has 0 N–H and O–H groups in total. The first kappa shape index (κ1) is 11.3. The van der Waals surface area contributed by atoms with E-state index in [1.54, 1.807) is 6.20 Å². The minimum absolute atomic E-state index is 0.493. The molecule has 0 bridgehead atoms. The highest BCUT2D eigenvalue weighted by atomic mass is 35.5. The highest BCUT2D eigenvalue weighted by molar-refractivity contribution is 6.32. The van der Waals surface area contributed by atoms with Crippen LogP contribution in [-0.4, -0.2) is 9.55 Å². The number of nitriles is 1. The summed E-state index contributed by atoms with van der Waals surface area (Å²) in [6.45, 7) is 0.956. The van der Waals surface area contributed by atoms with Crippen molar-refractivity contribution in [2.75, 3.05) is 0 Å². The fourth-order valence-electron chi connectivity index (χ4n) is 2.57. The van der Waals surface area contributed by atoms with E-state index in [4.69, 9.17) is 11.6 Å². The van der Waals surface area contributed by atoms with Gasteiger partial charge in [0.15, 0.2) is 0 Å². The lowest BCUT2D eigenvalue weighted by Crippen LogP contribution is -2.11. The fraction of sp³-hybridized carbons (Fsp3) is 0.286. The number of hydrogen-bond donors (Lipinski definition) is 0. The van der Waals surface area contributed by atoms with E-state index in [9.17, 15) is 5.26 Å². The highest BCUT2D eigenvalue weighted by Crippen LogP contribution is 2.32. The average Bonchev–Trinajstić information content (AvgIpc) is 2.78. The lowest BCUT2D eigenvalue weighted by molar-refractivity contribution is 0.536. The Morgan fingerprint density at radius 1 is 1.39 bits per heavy atom. The molecule has 4 heteroatoms. The van der Waals surface area contributed by atoms with E-state index in [-0.39, 0.29) is 0 Å². The van der Waals surface area contributed by atoms with Crippen LogP contribution in [0.3, 0.4) is 0 Å². The molecule has 18 heavy (non-hydrogen) atoms. The third kappa shape index (κ3) is 1.70. The summed E-state index contributed by atoms with van der Waals surface area (Å²) in [5.41, 5.74) is 3.83. The minimum atomic E-state index is 0.493. The van der Waals surface area contributed by atoms with Gasteiger partial charge in [-0.2, -0.15) is 5.26 Å². The second kappa shape index (κ2) is 4.47. The Balaban J connectivity index is 2.22. The maximum absolute atomic E-state index is 9.21. The highest BCUT2D eigenvalue weighted by Gasteiger charge is 2.20. The summed E-state index contributed by atoms with van der Waals surface area (Å²) in [6, 6.07) is 8.04. The maximum atomic E-state index is 9.21. The zero-order chi connectivity index (χ0) is 12.5. The van der Waals surface area contributed by atoms with E-state index in [1.807, 2.05) is 18.2 Å². The molecule has 0 radical (unpaired) electrons. The smallest absolute Gasteiger partial charge is 0.138 e. The first-order chi connectivity index (χ1) is 8.81. The predicted octanol–water partition coefficient (Wildman–Crippen LogP) is 3.41. The van der Waals surface area contributed by atoms with Gasteiger partial charge < -0.3 is 4.57 Å². The molecule has 3 nitrogen and oxygen atoms in total. The molecular formula is C14H12ClN3. The number of hydrogen-bond acceptors (Lipinski definition) is 2. The molecule has 3 rings (SSSR count). The van der Waals surface area contributed by atoms with E-state index in [2.05, 4.69) is 15.6 Å². The summed E-state index contributed by atoms with van der Waals surface area (Å²) in [5.74, 6) is 0. The number of halogens is 1. The van der Waals surface area contributed by atoms with Gasteiger partial charge in [0.2, 0.25) is 0 Å². The molecule has 3 heterocycles. The molecule has 0 spiro atoms. The Kier molecular flexibility index (Phi) is 2.81. The Labute approximate surface area is 111 Å². The molecular weight excluding hydrogens is 246 g/mol. The Bertz CT molecular complexity index is 637. The Morgan fingerprint density at radius 3 is 3.06 bits per heavy atom. The predicted molar refractivity (Wildman–Crippen MR) is 70.3 cm³/mol. The van der Waals surface area contributed by atoms with Gasteiger partial charge in [-0.1, -0.05) is 11.6 Å². The number of aromatic nitrogens is 2. The second-order valence-electron chi connectivity index (χ2n) is 4.45. The molecule has 0 saturated heterocycles. The Morgan fingerprint density at radius 2 is 2.28 bits per heavy atom. The standard InChI is InChI=1S/C14H12ClN3/c15-14-11(4-3-6-17-14)13-8-10(9-16)12-5-1-2-7-18(12)13/h3-4,6,8H,1-2,5,7H2. The topological polar surface area (TPSA) is 41.6 Å². The van der Waals surface area contributed by atoms with Crippen LogP contribution >= 0.6 is 11.6 Å². The fourth-order valence-corrected chi connectivity index (χ4v) is 2.79. The normalized spacial score (nSPS) is 14.0. The van der Waals surface area contributed by atoms with Crippen LogP contribution in [0, 0.1) is 11.3 Å². The van der Waals surface area contributed by atoms with Crippen LogP contribution in [0.2, 0.25) is 5.15 Å². The van der Waals surface area contributed by atoms with Gasteiger partial charge in [0.25, 0.3) is 0 Å². The van der Waals surface area contributed by atoms with E-state index < -0.39 is 0 Å². The molecule has 0 aliphatic carbocycles. The summed E-state index contributed by atoms with van der Waals surface area (Å²) in [5, 5.41) is 9.70. The summed E-state index contributed by atoms with van der Waals surface area (Å²) >= 11 is 6.15. The van der Waals surface area contributed by atoms with Crippen molar-refractivity contribution < 1.29 is 0 Å². The number of fused-ring (bicyclic) bond motifs is 1. The zero-order valence-corrected chi connectivity index (χ0v) is 10.6. The van der Waals surface area contributed by atoms with Crippen molar-refractivity contribution in [3.8, 4) is 17.3 Å². The van der Waals surface area contributed by atoms with Gasteiger partial charge in [-0.15, -0.1) is 0 Å². The molecule has 0 atom stereocenters. The molecule has 0 aromatic carbocycles. The molecule has 0 saturated carbocycles. The van der Waals surface area contributed by atoms with Crippen molar-refractivity contribution in [3.05, 3.63) is 40.8 Å². The molecule has 0 fully saturated rings. The minimum Gasteiger partial charge on any atom is -0.343 e. The average molecular weight is 258 g/mol. The molecule has 90 valence electrons.